The molecule has 1 N–H and O–H groups in total. The molecule has 0 saturated carbocycles. The van der Waals surface area contributed by atoms with Gasteiger partial charge in [-0.05, 0) is 43.0 Å². The van der Waals surface area contributed by atoms with Crippen molar-refractivity contribution in [2.75, 3.05) is 26.8 Å². The lowest BCUT2D eigenvalue weighted by atomic mass is 9.99. The molecule has 6 heteroatoms. The highest BCUT2D eigenvalue weighted by Crippen LogP contribution is 2.27. The fourth-order valence-electron chi connectivity index (χ4n) is 2.80. The van der Waals surface area contributed by atoms with Gasteiger partial charge in [0, 0.05) is 30.6 Å². The zero-order valence-corrected chi connectivity index (χ0v) is 13.9. The van der Waals surface area contributed by atoms with Crippen LogP contribution < -0.4 is 4.74 Å². The van der Waals surface area contributed by atoms with Crippen molar-refractivity contribution in [3.05, 3.63) is 35.3 Å². The Kier molecular flexibility index (Phi) is 4.93. The van der Waals surface area contributed by atoms with Gasteiger partial charge in [0.05, 0.1) is 7.11 Å². The molecule has 0 radical (unpaired) electrons. The summed E-state index contributed by atoms with van der Waals surface area (Å²) in [5.74, 6) is 0.941. The molecule has 1 aromatic heterocycles. The van der Waals surface area contributed by atoms with E-state index in [1.165, 1.54) is 11.3 Å². The van der Waals surface area contributed by atoms with Crippen LogP contribution in [-0.4, -0.2) is 47.7 Å². The molecule has 2 heterocycles. The first-order valence-corrected chi connectivity index (χ1v) is 8.59. The Bertz CT molecular complexity index is 669. The van der Waals surface area contributed by atoms with Gasteiger partial charge in [-0.3, -0.25) is 4.79 Å². The second-order valence-corrected chi connectivity index (χ2v) is 6.57. The molecule has 1 atom stereocenters. The second-order valence-electron chi connectivity index (χ2n) is 5.71. The quantitative estimate of drug-likeness (QED) is 0.935. The molecular weight excluding hydrogens is 312 g/mol. The minimum Gasteiger partial charge on any atom is -0.497 e. The van der Waals surface area contributed by atoms with Crippen molar-refractivity contribution >= 4 is 17.2 Å². The van der Waals surface area contributed by atoms with Gasteiger partial charge in [-0.1, -0.05) is 0 Å². The number of methoxy groups -OCH3 is 1. The number of aliphatic hydroxyl groups excluding tert-OH is 1. The van der Waals surface area contributed by atoms with E-state index in [9.17, 15) is 9.90 Å². The Morgan fingerprint density at radius 3 is 2.91 bits per heavy atom. The lowest BCUT2D eigenvalue weighted by Gasteiger charge is -2.31. The van der Waals surface area contributed by atoms with E-state index in [-0.39, 0.29) is 18.4 Å². The number of piperidine rings is 1. The van der Waals surface area contributed by atoms with Crippen molar-refractivity contribution in [2.24, 2.45) is 5.92 Å². The fraction of sp³-hybridized carbons (Fsp3) is 0.412. The zero-order chi connectivity index (χ0) is 16.2. The van der Waals surface area contributed by atoms with Gasteiger partial charge in [0.1, 0.15) is 16.5 Å². The van der Waals surface area contributed by atoms with Gasteiger partial charge in [-0.2, -0.15) is 0 Å². The average molecular weight is 332 g/mol. The molecule has 122 valence electrons. The van der Waals surface area contributed by atoms with Gasteiger partial charge in [0.2, 0.25) is 0 Å². The Labute approximate surface area is 139 Å². The van der Waals surface area contributed by atoms with E-state index >= 15 is 0 Å². The van der Waals surface area contributed by atoms with Crippen molar-refractivity contribution in [1.29, 1.82) is 0 Å². The van der Waals surface area contributed by atoms with Crippen LogP contribution in [0.15, 0.2) is 29.6 Å². The maximum Gasteiger partial charge on any atom is 0.273 e. The van der Waals surface area contributed by atoms with Gasteiger partial charge < -0.3 is 14.7 Å². The Hall–Kier alpha value is -1.92. The Balaban J connectivity index is 1.74. The zero-order valence-electron chi connectivity index (χ0n) is 13.1. The Morgan fingerprint density at radius 1 is 1.43 bits per heavy atom. The van der Waals surface area contributed by atoms with Crippen LogP contribution in [0.1, 0.15) is 23.3 Å². The van der Waals surface area contributed by atoms with E-state index in [1.807, 2.05) is 29.6 Å². The highest BCUT2D eigenvalue weighted by molar-refractivity contribution is 7.13. The van der Waals surface area contributed by atoms with Crippen LogP contribution in [0.2, 0.25) is 0 Å². The minimum atomic E-state index is -0.0424. The topological polar surface area (TPSA) is 62.7 Å². The van der Waals surface area contributed by atoms with Crippen molar-refractivity contribution in [3.8, 4) is 16.3 Å². The lowest BCUT2D eigenvalue weighted by molar-refractivity contribution is 0.0616. The van der Waals surface area contributed by atoms with Crippen LogP contribution in [0.3, 0.4) is 0 Å². The summed E-state index contributed by atoms with van der Waals surface area (Å²) < 4.78 is 5.15. The SMILES string of the molecule is COc1ccc(-c2nc(C(=O)N3CCCC(CO)C3)cs2)cc1. The summed E-state index contributed by atoms with van der Waals surface area (Å²) in [6.07, 6.45) is 1.92. The summed E-state index contributed by atoms with van der Waals surface area (Å²) in [6.45, 7) is 1.49. The monoisotopic (exact) mass is 332 g/mol. The van der Waals surface area contributed by atoms with E-state index in [0.717, 1.165) is 35.7 Å². The third kappa shape index (κ3) is 3.54. The van der Waals surface area contributed by atoms with Crippen LogP contribution in [0.25, 0.3) is 10.6 Å². The van der Waals surface area contributed by atoms with Gasteiger partial charge in [-0.15, -0.1) is 11.3 Å². The van der Waals surface area contributed by atoms with E-state index in [4.69, 9.17) is 4.74 Å². The molecule has 1 aliphatic heterocycles. The molecule has 1 fully saturated rings. The normalized spacial score (nSPS) is 18.0. The summed E-state index contributed by atoms with van der Waals surface area (Å²) in [5, 5.41) is 11.9. The number of ether oxygens (including phenoxy) is 1. The fourth-order valence-corrected chi connectivity index (χ4v) is 3.60. The molecule has 3 rings (SSSR count). The van der Waals surface area contributed by atoms with Gasteiger partial charge >= 0.3 is 0 Å². The number of carbonyl (C=O) groups excluding carboxylic acids is 1. The minimum absolute atomic E-state index is 0.0424. The van der Waals surface area contributed by atoms with Gasteiger partial charge in [0.25, 0.3) is 5.91 Å². The summed E-state index contributed by atoms with van der Waals surface area (Å²) >= 11 is 1.47. The number of amides is 1. The molecular formula is C17H20N2O3S. The molecule has 1 aromatic carbocycles. The van der Waals surface area contributed by atoms with Crippen LogP contribution in [0, 0.1) is 5.92 Å². The van der Waals surface area contributed by atoms with Crippen molar-refractivity contribution < 1.29 is 14.6 Å². The number of hydrogen-bond acceptors (Lipinski definition) is 5. The number of nitrogens with zero attached hydrogens (tertiary/aromatic N) is 2. The number of rotatable bonds is 4. The summed E-state index contributed by atoms with van der Waals surface area (Å²) in [5.41, 5.74) is 1.46. The van der Waals surface area contributed by atoms with E-state index in [2.05, 4.69) is 4.98 Å². The lowest BCUT2D eigenvalue weighted by Crippen LogP contribution is -2.41. The first kappa shape index (κ1) is 16.0. The first-order chi connectivity index (χ1) is 11.2. The maximum atomic E-state index is 12.6. The molecule has 1 saturated heterocycles. The number of benzene rings is 1. The molecule has 1 aliphatic rings. The third-order valence-electron chi connectivity index (χ3n) is 4.12. The predicted octanol–water partition coefficient (Wildman–Crippen LogP) is 2.66. The molecule has 0 spiro atoms. The molecule has 1 unspecified atom stereocenters. The van der Waals surface area contributed by atoms with E-state index < -0.39 is 0 Å². The van der Waals surface area contributed by atoms with E-state index in [0.29, 0.717) is 12.2 Å². The highest BCUT2D eigenvalue weighted by atomic mass is 32.1. The number of carbonyl (C=O) groups is 1. The van der Waals surface area contributed by atoms with Crippen molar-refractivity contribution in [2.45, 2.75) is 12.8 Å². The summed E-state index contributed by atoms with van der Waals surface area (Å²) in [4.78, 5) is 18.9. The number of thiazole rings is 1. The largest absolute Gasteiger partial charge is 0.497 e. The van der Waals surface area contributed by atoms with Crippen LogP contribution in [-0.2, 0) is 0 Å². The number of aromatic nitrogens is 1. The van der Waals surface area contributed by atoms with E-state index in [1.54, 1.807) is 12.0 Å². The van der Waals surface area contributed by atoms with Crippen LogP contribution in [0.4, 0.5) is 0 Å². The predicted molar refractivity (Wildman–Crippen MR) is 89.8 cm³/mol. The van der Waals surface area contributed by atoms with Crippen molar-refractivity contribution in [3.63, 3.8) is 0 Å². The first-order valence-electron chi connectivity index (χ1n) is 7.71. The molecule has 0 aliphatic carbocycles. The summed E-state index contributed by atoms with van der Waals surface area (Å²) in [7, 11) is 1.63. The highest BCUT2D eigenvalue weighted by Gasteiger charge is 2.25. The van der Waals surface area contributed by atoms with Gasteiger partial charge in [-0.25, -0.2) is 4.98 Å². The molecule has 1 amide bonds. The third-order valence-corrected chi connectivity index (χ3v) is 5.02. The van der Waals surface area contributed by atoms with Crippen LogP contribution in [0.5, 0.6) is 5.75 Å². The average Bonchev–Trinajstić information content (AvgIpc) is 3.11. The van der Waals surface area contributed by atoms with Crippen molar-refractivity contribution in [1.82, 2.24) is 9.88 Å². The number of aliphatic hydroxyl groups is 1. The molecule has 2 aromatic rings. The molecule has 5 nitrogen and oxygen atoms in total. The second kappa shape index (κ2) is 7.10. The van der Waals surface area contributed by atoms with Crippen LogP contribution >= 0.6 is 11.3 Å². The maximum absolute atomic E-state index is 12.6. The molecule has 23 heavy (non-hydrogen) atoms. The number of hydrogen-bond donors (Lipinski definition) is 1. The standard InChI is InChI=1S/C17H20N2O3S/c1-22-14-6-4-13(5-7-14)16-18-15(11-23-16)17(21)19-8-2-3-12(9-19)10-20/h4-7,11-12,20H,2-3,8-10H2,1H3. The summed E-state index contributed by atoms with van der Waals surface area (Å²) in [6, 6.07) is 7.65. The molecule has 0 bridgehead atoms. The van der Waals surface area contributed by atoms with Gasteiger partial charge in [0.15, 0.2) is 0 Å². The number of likely N-dealkylation sites (tertiary alicyclic amines) is 1. The smallest absolute Gasteiger partial charge is 0.273 e. The Morgan fingerprint density at radius 2 is 2.22 bits per heavy atom.